The van der Waals surface area contributed by atoms with Crippen LogP contribution < -0.4 is 0 Å². The van der Waals surface area contributed by atoms with E-state index in [-0.39, 0.29) is 5.54 Å². The van der Waals surface area contributed by atoms with E-state index in [2.05, 4.69) is 40.1 Å². The second kappa shape index (κ2) is 6.00. The number of hydrogen-bond acceptors (Lipinski definition) is 4. The number of piperazine rings is 1. The lowest BCUT2D eigenvalue weighted by molar-refractivity contribution is 0.0805. The Bertz CT molecular complexity index is 516. The smallest absolute Gasteiger partial charge is 0.103 e. The van der Waals surface area contributed by atoms with Gasteiger partial charge >= 0.3 is 0 Å². The number of thioether (sulfide) groups is 1. The van der Waals surface area contributed by atoms with E-state index in [0.717, 1.165) is 26.2 Å². The zero-order chi connectivity index (χ0) is 14.9. The van der Waals surface area contributed by atoms with E-state index in [1.54, 1.807) is 0 Å². The molecule has 3 rings (SSSR count). The highest BCUT2D eigenvalue weighted by Crippen LogP contribution is 2.37. The fourth-order valence-corrected chi connectivity index (χ4v) is 4.57. The predicted molar refractivity (Wildman–Crippen MR) is 87.5 cm³/mol. The van der Waals surface area contributed by atoms with Gasteiger partial charge in [0.15, 0.2) is 0 Å². The Hall–Kier alpha value is -1.02. The molecule has 4 heteroatoms. The molecule has 0 spiro atoms. The van der Waals surface area contributed by atoms with Crippen LogP contribution >= 0.6 is 11.8 Å². The van der Waals surface area contributed by atoms with Crippen LogP contribution in [0.5, 0.6) is 0 Å². The number of benzene rings is 1. The molecule has 1 unspecified atom stereocenters. The summed E-state index contributed by atoms with van der Waals surface area (Å²) >= 11 is 2.03. The summed E-state index contributed by atoms with van der Waals surface area (Å²) in [5, 5.41) is 9.93. The summed E-state index contributed by atoms with van der Waals surface area (Å²) < 4.78 is 0. The monoisotopic (exact) mass is 301 g/mol. The van der Waals surface area contributed by atoms with Crippen molar-refractivity contribution in [1.82, 2.24) is 9.80 Å². The normalized spacial score (nSPS) is 23.8. The van der Waals surface area contributed by atoms with Gasteiger partial charge in [0.2, 0.25) is 0 Å². The van der Waals surface area contributed by atoms with E-state index in [1.165, 1.54) is 23.4 Å². The first kappa shape index (κ1) is 14.9. The fourth-order valence-electron chi connectivity index (χ4n) is 3.20. The summed E-state index contributed by atoms with van der Waals surface area (Å²) in [6, 6.07) is 11.2. The van der Waals surface area contributed by atoms with Gasteiger partial charge in [-0.05, 0) is 31.9 Å². The summed E-state index contributed by atoms with van der Waals surface area (Å²) in [5.74, 6) is 0. The fraction of sp³-hybridized carbons (Fsp3) is 0.588. The summed E-state index contributed by atoms with van der Waals surface area (Å²) in [5.41, 5.74) is 1.18. The Morgan fingerprint density at radius 3 is 2.62 bits per heavy atom. The van der Waals surface area contributed by atoms with Gasteiger partial charge < -0.3 is 0 Å². The molecule has 3 nitrogen and oxygen atoms in total. The molecule has 1 atom stereocenters. The Morgan fingerprint density at radius 2 is 1.95 bits per heavy atom. The van der Waals surface area contributed by atoms with Crippen molar-refractivity contribution in [3.05, 3.63) is 29.8 Å². The average molecular weight is 301 g/mol. The van der Waals surface area contributed by atoms with Crippen molar-refractivity contribution in [1.29, 1.82) is 5.26 Å². The molecule has 2 heterocycles. The molecule has 1 saturated heterocycles. The van der Waals surface area contributed by atoms with Crippen LogP contribution in [0.1, 0.15) is 19.4 Å². The Morgan fingerprint density at radius 1 is 1.24 bits per heavy atom. The maximum atomic E-state index is 9.23. The number of nitrogens with zero attached hydrogens (tertiary/aromatic N) is 3. The van der Waals surface area contributed by atoms with Gasteiger partial charge in [-0.2, -0.15) is 5.26 Å². The standard InChI is InChI=1S/C17H23N3S/c1-17(2,13-18)20-9-7-19(8-10-20)12-15-11-14-5-3-4-6-16(14)21-15/h3-6,15H,7-12H2,1-2H3. The molecule has 21 heavy (non-hydrogen) atoms. The lowest BCUT2D eigenvalue weighted by atomic mass is 10.0. The van der Waals surface area contributed by atoms with Crippen LogP contribution in [-0.4, -0.2) is 53.3 Å². The molecule has 0 bridgehead atoms. The van der Waals surface area contributed by atoms with Crippen LogP contribution in [0.4, 0.5) is 0 Å². The van der Waals surface area contributed by atoms with Crippen LogP contribution in [0.3, 0.4) is 0 Å². The maximum absolute atomic E-state index is 9.23. The largest absolute Gasteiger partial charge is 0.300 e. The first-order chi connectivity index (χ1) is 10.1. The minimum atomic E-state index is -0.329. The zero-order valence-electron chi connectivity index (χ0n) is 12.9. The van der Waals surface area contributed by atoms with Crippen LogP contribution in [0, 0.1) is 11.3 Å². The molecule has 2 aliphatic rings. The van der Waals surface area contributed by atoms with E-state index in [4.69, 9.17) is 0 Å². The van der Waals surface area contributed by atoms with Crippen molar-refractivity contribution in [2.45, 2.75) is 36.0 Å². The molecule has 112 valence electrons. The van der Waals surface area contributed by atoms with Gasteiger partial charge in [0.05, 0.1) is 6.07 Å². The second-order valence-corrected chi connectivity index (χ2v) is 7.85. The summed E-state index contributed by atoms with van der Waals surface area (Å²) in [7, 11) is 0. The number of fused-ring (bicyclic) bond motifs is 1. The van der Waals surface area contributed by atoms with Crippen molar-refractivity contribution in [2.75, 3.05) is 32.7 Å². The number of nitriles is 1. The SMILES string of the molecule is CC(C)(C#N)N1CCN(CC2Cc3ccccc3S2)CC1. The predicted octanol–water partition coefficient (Wildman–Crippen LogP) is 2.62. The molecular weight excluding hydrogens is 278 g/mol. The first-order valence-electron chi connectivity index (χ1n) is 7.72. The lowest BCUT2D eigenvalue weighted by Gasteiger charge is -2.41. The molecule has 1 aromatic carbocycles. The first-order valence-corrected chi connectivity index (χ1v) is 8.60. The summed E-state index contributed by atoms with van der Waals surface area (Å²) in [6.07, 6.45) is 1.20. The van der Waals surface area contributed by atoms with Crippen molar-refractivity contribution in [2.24, 2.45) is 0 Å². The van der Waals surface area contributed by atoms with Crippen LogP contribution in [0.25, 0.3) is 0 Å². The van der Waals surface area contributed by atoms with Gasteiger partial charge in [-0.15, -0.1) is 11.8 Å². The summed E-state index contributed by atoms with van der Waals surface area (Å²) in [6.45, 7) is 9.38. The molecular formula is C17H23N3S. The topological polar surface area (TPSA) is 30.3 Å². The van der Waals surface area contributed by atoms with Crippen molar-refractivity contribution in [3.8, 4) is 6.07 Å². The third kappa shape index (κ3) is 3.26. The van der Waals surface area contributed by atoms with Crippen LogP contribution in [0.2, 0.25) is 0 Å². The third-order valence-corrected chi connectivity index (χ3v) is 5.91. The molecule has 0 aromatic heterocycles. The van der Waals surface area contributed by atoms with Gasteiger partial charge in [-0.1, -0.05) is 18.2 Å². The molecule has 0 radical (unpaired) electrons. The van der Waals surface area contributed by atoms with E-state index in [0.29, 0.717) is 5.25 Å². The van der Waals surface area contributed by atoms with Gasteiger partial charge in [0.25, 0.3) is 0 Å². The number of rotatable bonds is 3. The van der Waals surface area contributed by atoms with E-state index < -0.39 is 0 Å². The van der Waals surface area contributed by atoms with E-state index >= 15 is 0 Å². The average Bonchev–Trinajstić information content (AvgIpc) is 2.90. The quantitative estimate of drug-likeness (QED) is 0.858. The molecule has 0 saturated carbocycles. The minimum Gasteiger partial charge on any atom is -0.300 e. The van der Waals surface area contributed by atoms with Crippen molar-refractivity contribution >= 4 is 11.8 Å². The van der Waals surface area contributed by atoms with Gasteiger partial charge in [-0.25, -0.2) is 0 Å². The second-order valence-electron chi connectivity index (χ2n) is 6.51. The highest BCUT2D eigenvalue weighted by atomic mass is 32.2. The molecule has 2 aliphatic heterocycles. The van der Waals surface area contributed by atoms with Gasteiger partial charge in [0, 0.05) is 42.9 Å². The van der Waals surface area contributed by atoms with Crippen LogP contribution in [-0.2, 0) is 6.42 Å². The van der Waals surface area contributed by atoms with Crippen LogP contribution in [0.15, 0.2) is 29.2 Å². The maximum Gasteiger partial charge on any atom is 0.103 e. The summed E-state index contributed by atoms with van der Waals surface area (Å²) in [4.78, 5) is 6.33. The molecule has 0 N–H and O–H groups in total. The zero-order valence-corrected chi connectivity index (χ0v) is 13.7. The lowest BCUT2D eigenvalue weighted by Crippen LogP contribution is -2.54. The Balaban J connectivity index is 1.50. The van der Waals surface area contributed by atoms with Gasteiger partial charge in [-0.3, -0.25) is 9.80 Å². The highest BCUT2D eigenvalue weighted by molar-refractivity contribution is 8.00. The minimum absolute atomic E-state index is 0.329. The van der Waals surface area contributed by atoms with Crippen molar-refractivity contribution < 1.29 is 0 Å². The van der Waals surface area contributed by atoms with Gasteiger partial charge in [0.1, 0.15) is 5.54 Å². The molecule has 0 amide bonds. The molecule has 0 aliphatic carbocycles. The highest BCUT2D eigenvalue weighted by Gasteiger charge is 2.31. The van der Waals surface area contributed by atoms with E-state index in [9.17, 15) is 5.26 Å². The van der Waals surface area contributed by atoms with E-state index in [1.807, 2.05) is 25.6 Å². The Kier molecular flexibility index (Phi) is 4.26. The Labute approximate surface area is 131 Å². The number of hydrogen-bond donors (Lipinski definition) is 0. The molecule has 1 aromatic rings. The van der Waals surface area contributed by atoms with Crippen molar-refractivity contribution in [3.63, 3.8) is 0 Å². The third-order valence-electron chi connectivity index (χ3n) is 4.61. The molecule has 1 fully saturated rings.